The quantitative estimate of drug-likeness (QED) is 0.582. The molecule has 7 heteroatoms. The Bertz CT molecular complexity index is 1130. The van der Waals surface area contributed by atoms with Gasteiger partial charge in [0.25, 0.3) is 0 Å². The highest BCUT2D eigenvalue weighted by molar-refractivity contribution is 5.90. The van der Waals surface area contributed by atoms with Gasteiger partial charge in [0.2, 0.25) is 0 Å². The fourth-order valence-electron chi connectivity index (χ4n) is 3.01. The van der Waals surface area contributed by atoms with Gasteiger partial charge in [0, 0.05) is 30.3 Å². The number of rotatable bonds is 4. The van der Waals surface area contributed by atoms with E-state index in [1.807, 2.05) is 37.6 Å². The molecule has 4 aromatic heterocycles. The van der Waals surface area contributed by atoms with E-state index in [1.54, 1.807) is 24.7 Å². The number of nitrogens with zero attached hydrogens (tertiary/aromatic N) is 5. The number of aromatic nitrogens is 5. The van der Waals surface area contributed by atoms with Crippen LogP contribution in [-0.4, -0.2) is 24.7 Å². The van der Waals surface area contributed by atoms with Gasteiger partial charge >= 0.3 is 0 Å². The molecule has 0 fully saturated rings. The lowest BCUT2D eigenvalue weighted by Crippen LogP contribution is -2.02. The zero-order valence-corrected chi connectivity index (χ0v) is 15.4. The van der Waals surface area contributed by atoms with Gasteiger partial charge in [-0.05, 0) is 50.6 Å². The molecule has 4 rings (SSSR count). The Morgan fingerprint density at radius 3 is 2.74 bits per heavy atom. The SMILES string of the molecule is CCn1ncc2nccc(Nc3cc(-c4nc(C)ccc4F)ncc3C)c21. The van der Waals surface area contributed by atoms with Crippen LogP contribution in [0.2, 0.25) is 0 Å². The minimum absolute atomic E-state index is 0.247. The summed E-state index contributed by atoms with van der Waals surface area (Å²) in [6.07, 6.45) is 5.21. The van der Waals surface area contributed by atoms with Crippen LogP contribution in [-0.2, 0) is 6.54 Å². The molecule has 0 atom stereocenters. The highest BCUT2D eigenvalue weighted by Gasteiger charge is 2.13. The highest BCUT2D eigenvalue weighted by atomic mass is 19.1. The normalized spacial score (nSPS) is 11.1. The lowest BCUT2D eigenvalue weighted by atomic mass is 10.1. The topological polar surface area (TPSA) is 68.5 Å². The number of fused-ring (bicyclic) bond motifs is 1. The van der Waals surface area contributed by atoms with Crippen molar-refractivity contribution in [2.45, 2.75) is 27.3 Å². The third-order valence-electron chi connectivity index (χ3n) is 4.43. The molecule has 27 heavy (non-hydrogen) atoms. The minimum Gasteiger partial charge on any atom is -0.353 e. The van der Waals surface area contributed by atoms with Crippen molar-refractivity contribution in [2.24, 2.45) is 0 Å². The van der Waals surface area contributed by atoms with Crippen LogP contribution in [0.1, 0.15) is 18.2 Å². The van der Waals surface area contributed by atoms with Crippen LogP contribution in [0.4, 0.5) is 15.8 Å². The molecule has 4 heterocycles. The third-order valence-corrected chi connectivity index (χ3v) is 4.43. The van der Waals surface area contributed by atoms with Crippen molar-refractivity contribution < 1.29 is 4.39 Å². The van der Waals surface area contributed by atoms with Crippen molar-refractivity contribution >= 4 is 22.4 Å². The number of anilines is 2. The molecule has 0 aromatic carbocycles. The number of pyridine rings is 3. The molecule has 0 spiro atoms. The van der Waals surface area contributed by atoms with Crippen molar-refractivity contribution in [2.75, 3.05) is 5.32 Å². The molecular weight excluding hydrogens is 343 g/mol. The second-order valence-electron chi connectivity index (χ2n) is 6.35. The molecule has 1 N–H and O–H groups in total. The van der Waals surface area contributed by atoms with E-state index >= 15 is 0 Å². The summed E-state index contributed by atoms with van der Waals surface area (Å²) in [6, 6.07) is 6.78. The largest absolute Gasteiger partial charge is 0.353 e. The molecule has 0 aliphatic heterocycles. The van der Waals surface area contributed by atoms with Crippen LogP contribution >= 0.6 is 0 Å². The summed E-state index contributed by atoms with van der Waals surface area (Å²) < 4.78 is 16.1. The zero-order chi connectivity index (χ0) is 19.0. The smallest absolute Gasteiger partial charge is 0.151 e. The summed E-state index contributed by atoms with van der Waals surface area (Å²) in [5, 5.41) is 7.80. The lowest BCUT2D eigenvalue weighted by molar-refractivity contribution is 0.624. The Kier molecular flexibility index (Phi) is 4.27. The molecule has 0 aliphatic carbocycles. The van der Waals surface area contributed by atoms with E-state index in [2.05, 4.69) is 25.4 Å². The van der Waals surface area contributed by atoms with Gasteiger partial charge in [0.15, 0.2) is 5.82 Å². The second-order valence-corrected chi connectivity index (χ2v) is 6.35. The fourth-order valence-corrected chi connectivity index (χ4v) is 3.01. The van der Waals surface area contributed by atoms with E-state index < -0.39 is 5.82 Å². The van der Waals surface area contributed by atoms with Gasteiger partial charge in [-0.1, -0.05) is 0 Å². The molecule has 4 aromatic rings. The van der Waals surface area contributed by atoms with E-state index in [9.17, 15) is 4.39 Å². The Labute approximate surface area is 156 Å². The molecule has 6 nitrogen and oxygen atoms in total. The van der Waals surface area contributed by atoms with E-state index in [0.29, 0.717) is 5.69 Å². The Morgan fingerprint density at radius 1 is 1.07 bits per heavy atom. The number of halogens is 1. The van der Waals surface area contributed by atoms with Crippen molar-refractivity contribution in [3.05, 3.63) is 59.9 Å². The number of aryl methyl sites for hydroxylation is 3. The van der Waals surface area contributed by atoms with Gasteiger partial charge in [-0.15, -0.1) is 0 Å². The Hall–Kier alpha value is -3.35. The van der Waals surface area contributed by atoms with Crippen molar-refractivity contribution in [3.63, 3.8) is 0 Å². The van der Waals surface area contributed by atoms with E-state index in [-0.39, 0.29) is 5.69 Å². The molecule has 136 valence electrons. The van der Waals surface area contributed by atoms with Crippen LogP contribution in [0.5, 0.6) is 0 Å². The van der Waals surface area contributed by atoms with Gasteiger partial charge < -0.3 is 5.32 Å². The number of hydrogen-bond donors (Lipinski definition) is 1. The van der Waals surface area contributed by atoms with E-state index in [0.717, 1.165) is 40.2 Å². The molecule has 0 radical (unpaired) electrons. The fraction of sp³-hybridized carbons (Fsp3) is 0.200. The lowest BCUT2D eigenvalue weighted by Gasteiger charge is -2.13. The summed E-state index contributed by atoms with van der Waals surface area (Å²) >= 11 is 0. The molecule has 0 saturated carbocycles. The van der Waals surface area contributed by atoms with Crippen LogP contribution in [0.3, 0.4) is 0 Å². The molecule has 0 unspecified atom stereocenters. The highest BCUT2D eigenvalue weighted by Crippen LogP contribution is 2.29. The van der Waals surface area contributed by atoms with Crippen LogP contribution in [0.15, 0.2) is 42.9 Å². The Balaban J connectivity index is 1.79. The maximum atomic E-state index is 14.2. The molecule has 0 amide bonds. The monoisotopic (exact) mass is 362 g/mol. The second kappa shape index (κ2) is 6.75. The van der Waals surface area contributed by atoms with Gasteiger partial charge in [-0.25, -0.2) is 9.37 Å². The van der Waals surface area contributed by atoms with Gasteiger partial charge in [-0.3, -0.25) is 14.6 Å². The standard InChI is InChI=1S/C20H19FN6/c1-4-27-20-15(7-8-22-18(20)11-24-27)26-16-9-17(23-10-12(16)2)19-14(21)6-5-13(3)25-19/h5-11H,4H2,1-3H3,(H,22,23,26). The molecule has 0 saturated heterocycles. The average Bonchev–Trinajstić information content (AvgIpc) is 3.10. The van der Waals surface area contributed by atoms with Crippen LogP contribution < -0.4 is 5.32 Å². The van der Waals surface area contributed by atoms with Crippen molar-refractivity contribution in [1.82, 2.24) is 24.7 Å². The number of nitrogens with one attached hydrogen (secondary N) is 1. The van der Waals surface area contributed by atoms with Gasteiger partial charge in [0.1, 0.15) is 16.7 Å². The van der Waals surface area contributed by atoms with Gasteiger partial charge in [0.05, 0.1) is 17.6 Å². The predicted molar refractivity (Wildman–Crippen MR) is 103 cm³/mol. The maximum Gasteiger partial charge on any atom is 0.151 e. The summed E-state index contributed by atoms with van der Waals surface area (Å²) in [5.41, 5.74) is 5.88. The van der Waals surface area contributed by atoms with E-state index in [1.165, 1.54) is 6.07 Å². The summed E-state index contributed by atoms with van der Waals surface area (Å²) in [4.78, 5) is 13.0. The summed E-state index contributed by atoms with van der Waals surface area (Å²) in [5.74, 6) is -0.390. The first-order valence-electron chi connectivity index (χ1n) is 8.74. The first-order valence-corrected chi connectivity index (χ1v) is 8.74. The van der Waals surface area contributed by atoms with Crippen molar-refractivity contribution in [1.29, 1.82) is 0 Å². The summed E-state index contributed by atoms with van der Waals surface area (Å²) in [6.45, 7) is 6.55. The van der Waals surface area contributed by atoms with Crippen LogP contribution in [0, 0.1) is 19.7 Å². The third kappa shape index (κ3) is 3.12. The summed E-state index contributed by atoms with van der Waals surface area (Å²) in [7, 11) is 0. The minimum atomic E-state index is -0.390. The zero-order valence-electron chi connectivity index (χ0n) is 15.4. The maximum absolute atomic E-state index is 14.2. The van der Waals surface area contributed by atoms with Crippen molar-refractivity contribution in [3.8, 4) is 11.4 Å². The van der Waals surface area contributed by atoms with E-state index in [4.69, 9.17) is 0 Å². The van der Waals surface area contributed by atoms with Crippen LogP contribution in [0.25, 0.3) is 22.4 Å². The predicted octanol–water partition coefficient (Wildman–Crippen LogP) is 4.41. The molecule has 0 bridgehead atoms. The van der Waals surface area contributed by atoms with Gasteiger partial charge in [-0.2, -0.15) is 5.10 Å². The first-order chi connectivity index (χ1) is 13.1. The Morgan fingerprint density at radius 2 is 1.93 bits per heavy atom. The average molecular weight is 362 g/mol. The number of hydrogen-bond acceptors (Lipinski definition) is 5. The first kappa shape index (κ1) is 17.1. The molecular formula is C20H19FN6. The molecule has 0 aliphatic rings.